The van der Waals surface area contributed by atoms with Crippen molar-refractivity contribution in [2.24, 2.45) is 0 Å². The molecule has 0 aromatic heterocycles. The van der Waals surface area contributed by atoms with Gasteiger partial charge < -0.3 is 10.6 Å². The first-order valence-corrected chi connectivity index (χ1v) is 9.89. The SMILES string of the molecule is O=C(CCCCCCCC(=O)Nc1cccc(Cl)c1)Nc1cccc(Cl)c1. The van der Waals surface area contributed by atoms with Crippen molar-refractivity contribution in [3.63, 3.8) is 0 Å². The van der Waals surface area contributed by atoms with E-state index in [1.54, 1.807) is 36.4 Å². The highest BCUT2D eigenvalue weighted by atomic mass is 35.5. The average Bonchev–Trinajstić information content (AvgIpc) is 2.61. The van der Waals surface area contributed by atoms with E-state index in [2.05, 4.69) is 10.6 Å². The lowest BCUT2D eigenvalue weighted by atomic mass is 10.1. The van der Waals surface area contributed by atoms with Gasteiger partial charge in [-0.1, -0.05) is 54.6 Å². The monoisotopic (exact) mass is 406 g/mol. The van der Waals surface area contributed by atoms with Crippen LogP contribution in [0.2, 0.25) is 10.0 Å². The maximum absolute atomic E-state index is 11.9. The Hall–Kier alpha value is -2.04. The highest BCUT2D eigenvalue weighted by Gasteiger charge is 2.04. The number of carbonyl (C=O) groups excluding carboxylic acids is 2. The summed E-state index contributed by atoms with van der Waals surface area (Å²) in [5.74, 6) is -0.00340. The summed E-state index contributed by atoms with van der Waals surface area (Å²) < 4.78 is 0. The fourth-order valence-corrected chi connectivity index (χ4v) is 3.06. The number of rotatable bonds is 10. The summed E-state index contributed by atoms with van der Waals surface area (Å²) in [5, 5.41) is 6.89. The fourth-order valence-electron chi connectivity index (χ4n) is 2.68. The lowest BCUT2D eigenvalue weighted by Gasteiger charge is -2.06. The van der Waals surface area contributed by atoms with E-state index in [4.69, 9.17) is 23.2 Å². The van der Waals surface area contributed by atoms with Gasteiger partial charge >= 0.3 is 0 Å². The van der Waals surface area contributed by atoms with Crippen molar-refractivity contribution in [1.82, 2.24) is 0 Å². The van der Waals surface area contributed by atoms with E-state index in [1.165, 1.54) is 0 Å². The van der Waals surface area contributed by atoms with Crippen molar-refractivity contribution in [2.75, 3.05) is 10.6 Å². The van der Waals surface area contributed by atoms with Crippen molar-refractivity contribution < 1.29 is 9.59 Å². The zero-order valence-corrected chi connectivity index (χ0v) is 16.7. The molecular weight excluding hydrogens is 383 g/mol. The Balaban J connectivity index is 1.50. The Labute approximate surface area is 170 Å². The summed E-state index contributed by atoms with van der Waals surface area (Å²) in [6.45, 7) is 0. The molecule has 27 heavy (non-hydrogen) atoms. The maximum Gasteiger partial charge on any atom is 0.224 e. The standard InChI is InChI=1S/C21H24Cl2N2O2/c22-16-8-6-10-18(14-16)24-20(26)12-4-2-1-3-5-13-21(27)25-19-11-7-9-17(23)15-19/h6-11,14-15H,1-5,12-13H2,(H,24,26)(H,25,27). The molecule has 0 atom stereocenters. The van der Waals surface area contributed by atoms with Crippen molar-refractivity contribution in [3.05, 3.63) is 58.6 Å². The van der Waals surface area contributed by atoms with E-state index in [0.29, 0.717) is 22.9 Å². The number of benzene rings is 2. The smallest absolute Gasteiger partial charge is 0.224 e. The molecule has 2 amide bonds. The topological polar surface area (TPSA) is 58.2 Å². The third-order valence-corrected chi connectivity index (χ3v) is 4.49. The molecule has 0 radical (unpaired) electrons. The predicted molar refractivity (Wildman–Crippen MR) is 112 cm³/mol. The molecule has 0 fully saturated rings. The third kappa shape index (κ3) is 8.94. The number of amides is 2. The summed E-state index contributed by atoms with van der Waals surface area (Å²) in [6.07, 6.45) is 5.60. The van der Waals surface area contributed by atoms with Crippen molar-refractivity contribution in [3.8, 4) is 0 Å². The van der Waals surface area contributed by atoms with Crippen LogP contribution in [-0.4, -0.2) is 11.8 Å². The summed E-state index contributed by atoms with van der Waals surface area (Å²) in [4.78, 5) is 23.8. The average molecular weight is 407 g/mol. The van der Waals surface area contributed by atoms with E-state index in [-0.39, 0.29) is 11.8 Å². The molecule has 2 rings (SSSR count). The maximum atomic E-state index is 11.9. The van der Waals surface area contributed by atoms with Gasteiger partial charge in [0.15, 0.2) is 0 Å². The van der Waals surface area contributed by atoms with Crippen LogP contribution in [0.4, 0.5) is 11.4 Å². The molecule has 0 heterocycles. The lowest BCUT2D eigenvalue weighted by Crippen LogP contribution is -2.11. The van der Waals surface area contributed by atoms with Crippen molar-refractivity contribution >= 4 is 46.4 Å². The summed E-state index contributed by atoms with van der Waals surface area (Å²) in [6, 6.07) is 14.2. The minimum absolute atomic E-state index is 0.00170. The highest BCUT2D eigenvalue weighted by Crippen LogP contribution is 2.17. The molecule has 0 spiro atoms. The second-order valence-corrected chi connectivity index (χ2v) is 7.26. The van der Waals surface area contributed by atoms with Crippen LogP contribution in [0.3, 0.4) is 0 Å². The Morgan fingerprint density at radius 3 is 1.48 bits per heavy atom. The van der Waals surface area contributed by atoms with Crippen LogP contribution < -0.4 is 10.6 Å². The van der Waals surface area contributed by atoms with E-state index >= 15 is 0 Å². The number of nitrogens with one attached hydrogen (secondary N) is 2. The van der Waals surface area contributed by atoms with E-state index in [0.717, 1.165) is 43.5 Å². The fraction of sp³-hybridized carbons (Fsp3) is 0.333. The van der Waals surface area contributed by atoms with Crippen molar-refractivity contribution in [2.45, 2.75) is 44.9 Å². The molecule has 0 aliphatic heterocycles. The first kappa shape index (κ1) is 21.3. The van der Waals surface area contributed by atoms with Crippen LogP contribution in [0, 0.1) is 0 Å². The molecule has 4 nitrogen and oxygen atoms in total. The Bertz CT molecular complexity index is 702. The van der Waals surface area contributed by atoms with Gasteiger partial charge in [0, 0.05) is 34.3 Å². The minimum atomic E-state index is -0.00170. The number of anilines is 2. The van der Waals surface area contributed by atoms with Gasteiger partial charge in [-0.05, 0) is 49.2 Å². The summed E-state index contributed by atoms with van der Waals surface area (Å²) in [5.41, 5.74) is 1.44. The highest BCUT2D eigenvalue weighted by molar-refractivity contribution is 6.31. The van der Waals surface area contributed by atoms with Crippen LogP contribution in [0.5, 0.6) is 0 Å². The lowest BCUT2D eigenvalue weighted by molar-refractivity contribution is -0.117. The number of carbonyl (C=O) groups is 2. The minimum Gasteiger partial charge on any atom is -0.326 e. The van der Waals surface area contributed by atoms with Crippen LogP contribution >= 0.6 is 23.2 Å². The Kier molecular flexibility index (Phi) is 9.16. The van der Waals surface area contributed by atoms with E-state index < -0.39 is 0 Å². The zero-order chi connectivity index (χ0) is 19.5. The van der Waals surface area contributed by atoms with Crippen LogP contribution in [0.1, 0.15) is 44.9 Å². The first-order valence-electron chi connectivity index (χ1n) is 9.14. The Morgan fingerprint density at radius 2 is 1.07 bits per heavy atom. The number of halogens is 2. The molecule has 0 saturated carbocycles. The Morgan fingerprint density at radius 1 is 0.667 bits per heavy atom. The molecule has 0 saturated heterocycles. The molecule has 2 aromatic carbocycles. The van der Waals surface area contributed by atoms with Gasteiger partial charge in [0.2, 0.25) is 11.8 Å². The molecule has 0 bridgehead atoms. The second kappa shape index (κ2) is 11.6. The summed E-state index contributed by atoms with van der Waals surface area (Å²) >= 11 is 11.8. The van der Waals surface area contributed by atoms with Gasteiger partial charge in [0.25, 0.3) is 0 Å². The zero-order valence-electron chi connectivity index (χ0n) is 15.1. The van der Waals surface area contributed by atoms with Gasteiger partial charge in [-0.3, -0.25) is 9.59 Å². The van der Waals surface area contributed by atoms with Crippen molar-refractivity contribution in [1.29, 1.82) is 0 Å². The predicted octanol–water partition coefficient (Wildman–Crippen LogP) is 6.30. The number of hydrogen-bond acceptors (Lipinski definition) is 2. The van der Waals surface area contributed by atoms with Crippen LogP contribution in [0.15, 0.2) is 48.5 Å². The molecule has 0 unspecified atom stereocenters. The molecule has 2 aromatic rings. The molecule has 2 N–H and O–H groups in total. The van der Waals surface area contributed by atoms with Gasteiger partial charge in [0.1, 0.15) is 0 Å². The molecule has 144 valence electrons. The molecule has 0 aliphatic rings. The summed E-state index contributed by atoms with van der Waals surface area (Å²) in [7, 11) is 0. The first-order chi connectivity index (χ1) is 13.0. The third-order valence-electron chi connectivity index (χ3n) is 4.02. The van der Waals surface area contributed by atoms with Crippen LogP contribution in [0.25, 0.3) is 0 Å². The largest absolute Gasteiger partial charge is 0.326 e. The van der Waals surface area contributed by atoms with Gasteiger partial charge in [-0.2, -0.15) is 0 Å². The van der Waals surface area contributed by atoms with Gasteiger partial charge in [-0.15, -0.1) is 0 Å². The molecular formula is C21H24Cl2N2O2. The van der Waals surface area contributed by atoms with E-state index in [9.17, 15) is 9.59 Å². The normalized spacial score (nSPS) is 10.4. The number of unbranched alkanes of at least 4 members (excludes halogenated alkanes) is 4. The van der Waals surface area contributed by atoms with E-state index in [1.807, 2.05) is 12.1 Å². The van der Waals surface area contributed by atoms with Gasteiger partial charge in [0.05, 0.1) is 0 Å². The second-order valence-electron chi connectivity index (χ2n) is 6.38. The quantitative estimate of drug-likeness (QED) is 0.454. The molecule has 0 aliphatic carbocycles. The van der Waals surface area contributed by atoms with Gasteiger partial charge in [-0.25, -0.2) is 0 Å². The number of hydrogen-bond donors (Lipinski definition) is 2. The van der Waals surface area contributed by atoms with Crippen LogP contribution in [-0.2, 0) is 9.59 Å². The molecule has 6 heteroatoms.